The molecule has 0 bridgehead atoms. The maximum absolute atomic E-state index is 11.8. The molecular weight excluding hydrogens is 362 g/mol. The lowest BCUT2D eigenvalue weighted by Gasteiger charge is -2.10. The average Bonchev–Trinajstić information content (AvgIpc) is 2.62. The van der Waals surface area contributed by atoms with Crippen LogP contribution in [0.15, 0.2) is 65.7 Å². The van der Waals surface area contributed by atoms with Gasteiger partial charge in [0.25, 0.3) is 0 Å². The molecule has 0 amide bonds. The second kappa shape index (κ2) is 8.02. The molecule has 0 radical (unpaired) electrons. The number of allylic oxidation sites excluding steroid dienone is 1. The molecule has 0 aliphatic heterocycles. The molecule has 0 N–H and O–H groups in total. The van der Waals surface area contributed by atoms with Gasteiger partial charge in [-0.2, -0.15) is 0 Å². The number of fused-ring (bicyclic) bond motifs is 1. The van der Waals surface area contributed by atoms with E-state index in [1.807, 2.05) is 57.2 Å². The van der Waals surface area contributed by atoms with E-state index in [1.54, 1.807) is 6.07 Å². The van der Waals surface area contributed by atoms with Gasteiger partial charge in [0.2, 0.25) is 0 Å². The molecule has 0 aliphatic rings. The van der Waals surface area contributed by atoms with Crippen molar-refractivity contribution in [3.8, 4) is 11.1 Å². The molecule has 3 heteroatoms. The van der Waals surface area contributed by atoms with Crippen LogP contribution in [0.1, 0.15) is 29.9 Å². The van der Waals surface area contributed by atoms with Crippen molar-refractivity contribution in [2.75, 3.05) is 0 Å². The zero-order valence-electron chi connectivity index (χ0n) is 14.1. The summed E-state index contributed by atoms with van der Waals surface area (Å²) in [4.78, 5) is 16.4. The number of hydrogen-bond acceptors (Lipinski definition) is 2. The average molecular weight is 382 g/mol. The van der Waals surface area contributed by atoms with Crippen molar-refractivity contribution in [1.29, 1.82) is 0 Å². The Hall–Kier alpha value is -2.26. The molecule has 122 valence electrons. The minimum atomic E-state index is -0.0712. The van der Waals surface area contributed by atoms with Crippen LogP contribution in [-0.4, -0.2) is 10.8 Å². The second-order valence-electron chi connectivity index (χ2n) is 5.12. The molecule has 0 aliphatic carbocycles. The van der Waals surface area contributed by atoms with Crippen molar-refractivity contribution in [2.24, 2.45) is 0 Å². The normalized spacial score (nSPS) is 10.0. The minimum absolute atomic E-state index is 0.0712. The highest BCUT2D eigenvalue weighted by atomic mass is 79.9. The van der Waals surface area contributed by atoms with Gasteiger partial charge < -0.3 is 0 Å². The molecule has 0 saturated carbocycles. The molecule has 0 saturated heterocycles. The fourth-order valence-electron chi connectivity index (χ4n) is 2.53. The number of nitrogens with zero attached hydrogens (tertiary/aromatic N) is 1. The Balaban J connectivity index is 0.00000100. The number of aryl methyl sites for hydroxylation is 1. The number of aromatic nitrogens is 1. The van der Waals surface area contributed by atoms with Crippen LogP contribution >= 0.6 is 15.9 Å². The first-order valence-corrected chi connectivity index (χ1v) is 8.72. The Morgan fingerprint density at radius 1 is 1.12 bits per heavy atom. The zero-order chi connectivity index (χ0) is 17.7. The van der Waals surface area contributed by atoms with Crippen LogP contribution in [-0.2, 0) is 0 Å². The minimum Gasteiger partial charge on any atom is -0.289 e. The van der Waals surface area contributed by atoms with Crippen molar-refractivity contribution < 1.29 is 4.79 Å². The maximum Gasteiger partial charge on any atom is 0.185 e. The lowest BCUT2D eigenvalue weighted by molar-refractivity contribution is 0.104. The topological polar surface area (TPSA) is 30.0 Å². The van der Waals surface area contributed by atoms with Gasteiger partial charge in [0.1, 0.15) is 0 Å². The molecule has 1 heterocycles. The third kappa shape index (κ3) is 3.80. The molecular formula is C21H20BrNO. The fraction of sp³-hybridized carbons (Fsp3) is 0.143. The van der Waals surface area contributed by atoms with Crippen molar-refractivity contribution in [2.45, 2.75) is 20.8 Å². The number of rotatable bonds is 3. The van der Waals surface area contributed by atoms with Gasteiger partial charge >= 0.3 is 0 Å². The first-order valence-electron chi connectivity index (χ1n) is 7.92. The molecule has 1 aromatic heterocycles. The van der Waals surface area contributed by atoms with Gasteiger partial charge in [-0.1, -0.05) is 54.6 Å². The first kappa shape index (κ1) is 18.1. The molecule has 0 unspecified atom stereocenters. The molecule has 2 aromatic carbocycles. The van der Waals surface area contributed by atoms with Crippen LogP contribution < -0.4 is 0 Å². The van der Waals surface area contributed by atoms with Gasteiger partial charge in [0, 0.05) is 21.1 Å². The highest BCUT2D eigenvalue weighted by Crippen LogP contribution is 2.31. The fourth-order valence-corrected chi connectivity index (χ4v) is 2.89. The van der Waals surface area contributed by atoms with Gasteiger partial charge in [-0.3, -0.25) is 9.78 Å². The Bertz CT molecular complexity index is 899. The van der Waals surface area contributed by atoms with Gasteiger partial charge in [0.05, 0.1) is 5.52 Å². The largest absolute Gasteiger partial charge is 0.289 e. The number of pyridine rings is 1. The molecule has 0 atom stereocenters. The van der Waals surface area contributed by atoms with Crippen molar-refractivity contribution in [1.82, 2.24) is 4.98 Å². The SMILES string of the molecule is C=CC(=O)c1cccc(-c2cc(C)nc3ccc(Br)cc23)c1.CC. The predicted octanol–water partition coefficient (Wildman–Crippen LogP) is 6.37. The monoisotopic (exact) mass is 381 g/mol. The Kier molecular flexibility index (Phi) is 6.04. The Morgan fingerprint density at radius 2 is 1.88 bits per heavy atom. The van der Waals surface area contributed by atoms with Crippen LogP contribution in [0.5, 0.6) is 0 Å². The molecule has 3 aromatic rings. The van der Waals surface area contributed by atoms with E-state index in [9.17, 15) is 4.79 Å². The molecule has 0 fully saturated rings. The molecule has 24 heavy (non-hydrogen) atoms. The smallest absolute Gasteiger partial charge is 0.185 e. The predicted molar refractivity (Wildman–Crippen MR) is 105 cm³/mol. The van der Waals surface area contributed by atoms with Crippen LogP contribution in [0.3, 0.4) is 0 Å². The summed E-state index contributed by atoms with van der Waals surface area (Å²) in [6, 6.07) is 15.7. The number of ketones is 1. The number of carbonyl (C=O) groups is 1. The van der Waals surface area contributed by atoms with Crippen LogP contribution in [0.2, 0.25) is 0 Å². The summed E-state index contributed by atoms with van der Waals surface area (Å²) in [6.45, 7) is 9.53. The number of benzene rings is 2. The van der Waals surface area contributed by atoms with Gasteiger partial charge in [0.15, 0.2) is 5.78 Å². The van der Waals surface area contributed by atoms with Crippen molar-refractivity contribution in [3.05, 3.63) is 76.9 Å². The van der Waals surface area contributed by atoms with Crippen LogP contribution in [0, 0.1) is 6.92 Å². The third-order valence-electron chi connectivity index (χ3n) is 3.54. The maximum atomic E-state index is 11.8. The van der Waals surface area contributed by atoms with E-state index in [-0.39, 0.29) is 5.78 Å². The van der Waals surface area contributed by atoms with E-state index in [0.29, 0.717) is 5.56 Å². The summed E-state index contributed by atoms with van der Waals surface area (Å²) in [5, 5.41) is 1.06. The molecule has 0 spiro atoms. The summed E-state index contributed by atoms with van der Waals surface area (Å²) >= 11 is 3.51. The van der Waals surface area contributed by atoms with Gasteiger partial charge in [-0.15, -0.1) is 0 Å². The van der Waals surface area contributed by atoms with E-state index in [4.69, 9.17) is 0 Å². The van der Waals surface area contributed by atoms with E-state index in [2.05, 4.69) is 33.6 Å². The molecule has 2 nitrogen and oxygen atoms in total. The standard InChI is InChI=1S/C19H14BrNO.C2H6/c1-3-19(22)14-6-4-5-13(10-14)16-9-12(2)21-18-8-7-15(20)11-17(16)18;1-2/h3-11H,1H2,2H3;1-2H3. The summed E-state index contributed by atoms with van der Waals surface area (Å²) in [5.74, 6) is -0.0712. The van der Waals surface area contributed by atoms with Crippen LogP contribution in [0.25, 0.3) is 22.0 Å². The third-order valence-corrected chi connectivity index (χ3v) is 4.04. The summed E-state index contributed by atoms with van der Waals surface area (Å²) in [6.07, 6.45) is 1.34. The highest BCUT2D eigenvalue weighted by Gasteiger charge is 2.09. The van der Waals surface area contributed by atoms with E-state index < -0.39 is 0 Å². The lowest BCUT2D eigenvalue weighted by atomic mass is 9.97. The van der Waals surface area contributed by atoms with E-state index >= 15 is 0 Å². The van der Waals surface area contributed by atoms with Gasteiger partial charge in [-0.25, -0.2) is 0 Å². The number of carbonyl (C=O) groups excluding carboxylic acids is 1. The van der Waals surface area contributed by atoms with E-state index in [0.717, 1.165) is 32.2 Å². The quantitative estimate of drug-likeness (QED) is 0.389. The summed E-state index contributed by atoms with van der Waals surface area (Å²) in [7, 11) is 0. The van der Waals surface area contributed by atoms with Crippen molar-refractivity contribution >= 4 is 32.6 Å². The first-order chi connectivity index (χ1) is 11.6. The zero-order valence-corrected chi connectivity index (χ0v) is 15.7. The summed E-state index contributed by atoms with van der Waals surface area (Å²) in [5.41, 5.74) is 4.61. The number of halogens is 1. The number of hydrogen-bond donors (Lipinski definition) is 0. The van der Waals surface area contributed by atoms with Crippen molar-refractivity contribution in [3.63, 3.8) is 0 Å². The molecule has 3 rings (SSSR count). The summed E-state index contributed by atoms with van der Waals surface area (Å²) < 4.78 is 1.00. The second-order valence-corrected chi connectivity index (χ2v) is 6.04. The Morgan fingerprint density at radius 3 is 2.58 bits per heavy atom. The Labute approximate surface area is 151 Å². The highest BCUT2D eigenvalue weighted by molar-refractivity contribution is 9.10. The lowest BCUT2D eigenvalue weighted by Crippen LogP contribution is -1.94. The van der Waals surface area contributed by atoms with E-state index in [1.165, 1.54) is 6.08 Å². The van der Waals surface area contributed by atoms with Gasteiger partial charge in [-0.05, 0) is 54.5 Å². The van der Waals surface area contributed by atoms with Crippen LogP contribution in [0.4, 0.5) is 0 Å².